The second-order valence-corrected chi connectivity index (χ2v) is 2.12. The Balaban J connectivity index is 4.92. The summed E-state index contributed by atoms with van der Waals surface area (Å²) in [4.78, 5) is 0. The quantitative estimate of drug-likeness (QED) is 0.394. The highest BCUT2D eigenvalue weighted by molar-refractivity contribution is 5.22. The molecule has 0 rings (SSSR count). The summed E-state index contributed by atoms with van der Waals surface area (Å²) in [6, 6.07) is 1.00. The number of hydrogen-bond acceptors (Lipinski definition) is 3. The van der Waals surface area contributed by atoms with Gasteiger partial charge in [0.15, 0.2) is 0 Å². The lowest BCUT2D eigenvalue weighted by atomic mass is 10.2. The van der Waals surface area contributed by atoms with Crippen molar-refractivity contribution in [3.63, 3.8) is 0 Å². The van der Waals surface area contributed by atoms with Gasteiger partial charge in [0.1, 0.15) is 11.8 Å². The first kappa shape index (κ1) is 11.6. The van der Waals surface area contributed by atoms with Gasteiger partial charge in [-0.05, 0) is 17.1 Å². The van der Waals surface area contributed by atoms with Crippen LogP contribution < -0.4 is 0 Å². The molecule has 0 bridgehead atoms. The molecule has 0 heterocycles. The molecule has 0 atom stereocenters. The van der Waals surface area contributed by atoms with Crippen molar-refractivity contribution in [2.24, 2.45) is 0 Å². The van der Waals surface area contributed by atoms with Crippen LogP contribution >= 0.6 is 0 Å². The van der Waals surface area contributed by atoms with Crippen molar-refractivity contribution in [1.29, 1.82) is 5.26 Å². The van der Waals surface area contributed by atoms with Crippen LogP contribution in [0.1, 0.15) is 19.8 Å². The summed E-state index contributed by atoms with van der Waals surface area (Å²) in [5.41, 5.74) is -2.30. The third kappa shape index (κ3) is 3.19. The van der Waals surface area contributed by atoms with Gasteiger partial charge in [0, 0.05) is 0 Å². The SMILES string of the molecule is CCC/C(=C(/C#N)N(F)F)N(F)F. The molecule has 0 saturated heterocycles. The number of halogens is 4. The van der Waals surface area contributed by atoms with E-state index in [9.17, 15) is 17.9 Å². The fourth-order valence-corrected chi connectivity index (χ4v) is 0.720. The lowest BCUT2D eigenvalue weighted by molar-refractivity contribution is -0.144. The van der Waals surface area contributed by atoms with Crippen LogP contribution in [-0.2, 0) is 0 Å². The predicted molar refractivity (Wildman–Crippen MR) is 35.7 cm³/mol. The van der Waals surface area contributed by atoms with Crippen molar-refractivity contribution in [3.8, 4) is 6.07 Å². The van der Waals surface area contributed by atoms with E-state index in [2.05, 4.69) is 0 Å². The minimum Gasteiger partial charge on any atom is -0.191 e. The Morgan fingerprint density at radius 2 is 1.77 bits per heavy atom. The summed E-state index contributed by atoms with van der Waals surface area (Å²) < 4.78 is 47.5. The van der Waals surface area contributed by atoms with E-state index in [1.54, 1.807) is 6.92 Å². The van der Waals surface area contributed by atoms with Crippen LogP contribution in [-0.4, -0.2) is 10.7 Å². The molecule has 0 saturated carbocycles. The molecule has 0 radical (unpaired) electrons. The van der Waals surface area contributed by atoms with E-state index in [1.807, 2.05) is 0 Å². The predicted octanol–water partition coefficient (Wildman–Crippen LogP) is 2.66. The zero-order valence-electron chi connectivity index (χ0n) is 6.77. The third-order valence-electron chi connectivity index (χ3n) is 1.24. The molecule has 0 unspecified atom stereocenters. The van der Waals surface area contributed by atoms with Crippen LogP contribution in [0.2, 0.25) is 0 Å². The molecule has 0 aliphatic carbocycles. The molecule has 0 aliphatic rings. The van der Waals surface area contributed by atoms with Gasteiger partial charge in [-0.25, -0.2) is 0 Å². The highest BCUT2D eigenvalue weighted by Crippen LogP contribution is 2.20. The molecule has 0 aromatic carbocycles. The molecule has 0 aromatic heterocycles. The van der Waals surface area contributed by atoms with Crippen LogP contribution in [0, 0.1) is 11.3 Å². The molecule has 13 heavy (non-hydrogen) atoms. The minimum absolute atomic E-state index is 0.249. The molecule has 3 nitrogen and oxygen atoms in total. The van der Waals surface area contributed by atoms with Crippen LogP contribution in [0.4, 0.5) is 17.9 Å². The Labute approximate surface area is 72.2 Å². The van der Waals surface area contributed by atoms with Gasteiger partial charge in [-0.3, -0.25) is 0 Å². The Morgan fingerprint density at radius 1 is 1.23 bits per heavy atom. The van der Waals surface area contributed by atoms with Gasteiger partial charge in [-0.15, -0.1) is 0 Å². The number of hydrogen-bond donors (Lipinski definition) is 0. The molecule has 0 aromatic rings. The topological polar surface area (TPSA) is 30.3 Å². The monoisotopic (exact) mass is 197 g/mol. The van der Waals surface area contributed by atoms with Crippen molar-refractivity contribution in [1.82, 2.24) is 10.7 Å². The van der Waals surface area contributed by atoms with Gasteiger partial charge < -0.3 is 0 Å². The average Bonchev–Trinajstić information content (AvgIpc) is 2.03. The van der Waals surface area contributed by atoms with E-state index in [1.165, 1.54) is 0 Å². The van der Waals surface area contributed by atoms with Crippen LogP contribution in [0.15, 0.2) is 11.4 Å². The lowest BCUT2D eigenvalue weighted by Crippen LogP contribution is -2.11. The maximum Gasteiger partial charge on any atom is 0.207 e. The zero-order chi connectivity index (χ0) is 10.4. The number of nitrogens with zero attached hydrogens (tertiary/aromatic N) is 3. The molecular formula is C6H7F4N3. The second-order valence-electron chi connectivity index (χ2n) is 2.12. The molecule has 7 heteroatoms. The smallest absolute Gasteiger partial charge is 0.191 e. The summed E-state index contributed by atoms with van der Waals surface area (Å²) in [6.45, 7) is 1.54. The fraction of sp³-hybridized carbons (Fsp3) is 0.500. The van der Waals surface area contributed by atoms with Crippen molar-refractivity contribution in [2.45, 2.75) is 19.8 Å². The van der Waals surface area contributed by atoms with E-state index in [0.717, 1.165) is 6.07 Å². The average molecular weight is 197 g/mol. The maximum atomic E-state index is 11.9. The van der Waals surface area contributed by atoms with Gasteiger partial charge in [-0.1, -0.05) is 31.3 Å². The molecule has 0 fully saturated rings. The summed E-state index contributed by atoms with van der Waals surface area (Å²) in [5, 5.41) is 5.07. The third-order valence-corrected chi connectivity index (χ3v) is 1.24. The molecular weight excluding hydrogens is 190 g/mol. The van der Waals surface area contributed by atoms with E-state index in [4.69, 9.17) is 5.26 Å². The van der Waals surface area contributed by atoms with Crippen LogP contribution in [0.3, 0.4) is 0 Å². The molecule has 0 N–H and O–H groups in total. The van der Waals surface area contributed by atoms with E-state index in [-0.39, 0.29) is 12.8 Å². The number of allylic oxidation sites excluding steroid dienone is 2. The highest BCUT2D eigenvalue weighted by Gasteiger charge is 2.19. The summed E-state index contributed by atoms with van der Waals surface area (Å²) >= 11 is 0. The molecule has 74 valence electrons. The standard InChI is InChI=1S/C6H7F4N3/c1-2-3-5(12(7)8)6(4-11)13(9)10/h2-3H2,1H3/b6-5+. The van der Waals surface area contributed by atoms with Gasteiger partial charge in [0.25, 0.3) is 0 Å². The Kier molecular flexibility index (Phi) is 4.66. The van der Waals surface area contributed by atoms with Gasteiger partial charge >= 0.3 is 0 Å². The first-order valence-corrected chi connectivity index (χ1v) is 3.41. The normalized spacial score (nSPS) is 11.7. The van der Waals surface area contributed by atoms with Crippen LogP contribution in [0.25, 0.3) is 0 Å². The van der Waals surface area contributed by atoms with Crippen molar-refractivity contribution < 1.29 is 17.9 Å². The zero-order valence-corrected chi connectivity index (χ0v) is 6.77. The number of nitriles is 1. The number of rotatable bonds is 4. The highest BCUT2D eigenvalue weighted by atomic mass is 19.4. The van der Waals surface area contributed by atoms with Gasteiger partial charge in [-0.2, -0.15) is 5.26 Å². The fourth-order valence-electron chi connectivity index (χ4n) is 0.720. The first-order chi connectivity index (χ1) is 6.04. The van der Waals surface area contributed by atoms with Crippen molar-refractivity contribution in [3.05, 3.63) is 11.4 Å². The molecule has 0 aliphatic heterocycles. The van der Waals surface area contributed by atoms with Crippen LogP contribution in [0.5, 0.6) is 0 Å². The lowest BCUT2D eigenvalue weighted by Gasteiger charge is -2.09. The Hall–Kier alpha value is -1.45. The summed E-state index contributed by atoms with van der Waals surface area (Å²) in [7, 11) is 0. The van der Waals surface area contributed by atoms with Crippen molar-refractivity contribution >= 4 is 0 Å². The maximum absolute atomic E-state index is 11.9. The Bertz CT molecular complexity index is 231. The van der Waals surface area contributed by atoms with Crippen molar-refractivity contribution in [2.75, 3.05) is 0 Å². The largest absolute Gasteiger partial charge is 0.207 e. The van der Waals surface area contributed by atoms with E-state index < -0.39 is 22.1 Å². The second kappa shape index (κ2) is 5.24. The molecule has 0 amide bonds. The minimum atomic E-state index is -1.61. The first-order valence-electron chi connectivity index (χ1n) is 3.41. The Morgan fingerprint density at radius 3 is 2.00 bits per heavy atom. The van der Waals surface area contributed by atoms with Gasteiger partial charge in [0.05, 0.1) is 0 Å². The summed E-state index contributed by atoms with van der Waals surface area (Å²) in [5.74, 6) is 0. The van der Waals surface area contributed by atoms with Gasteiger partial charge in [0.2, 0.25) is 5.70 Å². The van der Waals surface area contributed by atoms with E-state index in [0.29, 0.717) is 0 Å². The summed E-state index contributed by atoms with van der Waals surface area (Å²) in [6.07, 6.45) is -0.0288. The molecule has 0 spiro atoms. The van der Waals surface area contributed by atoms with E-state index >= 15 is 0 Å².